The lowest BCUT2D eigenvalue weighted by atomic mass is 10.2. The first-order chi connectivity index (χ1) is 7.74. The zero-order chi connectivity index (χ0) is 13.2. The molecule has 1 unspecified atom stereocenters. The number of piperazine rings is 1. The van der Waals surface area contributed by atoms with Crippen LogP contribution in [0.4, 0.5) is 0 Å². The second kappa shape index (κ2) is 5.01. The van der Waals surface area contributed by atoms with E-state index in [-0.39, 0.29) is 18.2 Å². The Kier molecular flexibility index (Phi) is 4.10. The van der Waals surface area contributed by atoms with E-state index in [2.05, 4.69) is 5.32 Å². The minimum Gasteiger partial charge on any atom is -0.480 e. The standard InChI is InChI=1S/C9H16N2O5S/c1-6(2)5-17(15,16)11-4-8(12)10-3-7(11)9(13)14/h6-7H,3-5H2,1-2H3,(H,10,12)(H,13,14). The van der Waals surface area contributed by atoms with Crippen LogP contribution in [0.5, 0.6) is 0 Å². The summed E-state index contributed by atoms with van der Waals surface area (Å²) in [5.74, 6) is -2.02. The molecule has 0 saturated carbocycles. The lowest BCUT2D eigenvalue weighted by Crippen LogP contribution is -2.59. The number of amides is 1. The van der Waals surface area contributed by atoms with E-state index < -0.39 is 34.5 Å². The number of carboxylic acids is 1. The van der Waals surface area contributed by atoms with Crippen LogP contribution < -0.4 is 5.32 Å². The van der Waals surface area contributed by atoms with Gasteiger partial charge in [-0.1, -0.05) is 13.8 Å². The summed E-state index contributed by atoms with van der Waals surface area (Å²) in [5, 5.41) is 11.3. The van der Waals surface area contributed by atoms with Gasteiger partial charge in [-0.25, -0.2) is 8.42 Å². The number of sulfonamides is 1. The second-order valence-electron chi connectivity index (χ2n) is 4.38. The molecule has 1 heterocycles. The summed E-state index contributed by atoms with van der Waals surface area (Å²) in [6.07, 6.45) is 0. The van der Waals surface area contributed by atoms with Crippen molar-refractivity contribution in [2.45, 2.75) is 19.9 Å². The molecule has 2 N–H and O–H groups in total. The van der Waals surface area contributed by atoms with Gasteiger partial charge in [0.2, 0.25) is 15.9 Å². The Labute approximate surface area is 99.8 Å². The predicted molar refractivity (Wildman–Crippen MR) is 59.8 cm³/mol. The van der Waals surface area contributed by atoms with E-state index in [9.17, 15) is 18.0 Å². The average Bonchev–Trinajstić information content (AvgIpc) is 2.14. The van der Waals surface area contributed by atoms with Crippen molar-refractivity contribution in [2.24, 2.45) is 5.92 Å². The Morgan fingerprint density at radius 3 is 2.65 bits per heavy atom. The van der Waals surface area contributed by atoms with Gasteiger partial charge >= 0.3 is 5.97 Å². The summed E-state index contributed by atoms with van der Waals surface area (Å²) in [7, 11) is -3.72. The Morgan fingerprint density at radius 2 is 2.18 bits per heavy atom. The highest BCUT2D eigenvalue weighted by Gasteiger charge is 2.39. The van der Waals surface area contributed by atoms with Gasteiger partial charge in [0, 0.05) is 6.54 Å². The number of hydrogen-bond donors (Lipinski definition) is 2. The van der Waals surface area contributed by atoms with E-state index in [0.717, 1.165) is 4.31 Å². The molecule has 0 bridgehead atoms. The predicted octanol–water partition coefficient (Wildman–Crippen LogP) is -1.14. The Bertz CT molecular complexity index is 417. The molecule has 0 aromatic carbocycles. The van der Waals surface area contributed by atoms with Gasteiger partial charge in [0.15, 0.2) is 0 Å². The molecule has 1 aliphatic heterocycles. The van der Waals surface area contributed by atoms with Crippen molar-refractivity contribution in [1.29, 1.82) is 0 Å². The minimum absolute atomic E-state index is 0.126. The van der Waals surface area contributed by atoms with Crippen LogP contribution in [0.2, 0.25) is 0 Å². The van der Waals surface area contributed by atoms with Crippen LogP contribution in [0.15, 0.2) is 0 Å². The first kappa shape index (κ1) is 13.9. The van der Waals surface area contributed by atoms with Gasteiger partial charge in [-0.2, -0.15) is 4.31 Å². The molecule has 98 valence electrons. The maximum absolute atomic E-state index is 11.9. The molecule has 17 heavy (non-hydrogen) atoms. The third-order valence-electron chi connectivity index (χ3n) is 2.33. The fraction of sp³-hybridized carbons (Fsp3) is 0.778. The van der Waals surface area contributed by atoms with E-state index in [1.807, 2.05) is 0 Å². The van der Waals surface area contributed by atoms with Crippen molar-refractivity contribution >= 4 is 21.9 Å². The fourth-order valence-corrected chi connectivity index (χ4v) is 3.54. The summed E-state index contributed by atoms with van der Waals surface area (Å²) in [6.45, 7) is 2.83. The van der Waals surface area contributed by atoms with Crippen LogP contribution >= 0.6 is 0 Å². The largest absolute Gasteiger partial charge is 0.480 e. The molecule has 7 nitrogen and oxygen atoms in total. The Balaban J connectivity index is 2.97. The molecule has 1 amide bonds. The Morgan fingerprint density at radius 1 is 1.59 bits per heavy atom. The van der Waals surface area contributed by atoms with Gasteiger partial charge in [-0.15, -0.1) is 0 Å². The SMILES string of the molecule is CC(C)CS(=O)(=O)N1CC(=O)NCC1C(=O)O. The van der Waals surface area contributed by atoms with E-state index in [0.29, 0.717) is 0 Å². The number of carbonyl (C=O) groups excluding carboxylic acids is 1. The highest BCUT2D eigenvalue weighted by molar-refractivity contribution is 7.89. The van der Waals surface area contributed by atoms with Crippen LogP contribution in [0.1, 0.15) is 13.8 Å². The number of hydrogen-bond acceptors (Lipinski definition) is 4. The van der Waals surface area contributed by atoms with E-state index in [1.165, 1.54) is 0 Å². The lowest BCUT2D eigenvalue weighted by Gasteiger charge is -2.32. The van der Waals surface area contributed by atoms with Crippen LogP contribution in [0, 0.1) is 5.92 Å². The molecule has 1 atom stereocenters. The molecule has 1 fully saturated rings. The third-order valence-corrected chi connectivity index (χ3v) is 4.51. The molecule has 0 aromatic rings. The van der Waals surface area contributed by atoms with Crippen molar-refractivity contribution in [2.75, 3.05) is 18.8 Å². The molecule has 1 rings (SSSR count). The number of carboxylic acid groups (broad SMARTS) is 1. The van der Waals surface area contributed by atoms with Crippen molar-refractivity contribution in [1.82, 2.24) is 9.62 Å². The highest BCUT2D eigenvalue weighted by atomic mass is 32.2. The smallest absolute Gasteiger partial charge is 0.323 e. The molecule has 1 aliphatic rings. The van der Waals surface area contributed by atoms with E-state index >= 15 is 0 Å². The van der Waals surface area contributed by atoms with E-state index in [1.54, 1.807) is 13.8 Å². The van der Waals surface area contributed by atoms with Gasteiger partial charge in [0.05, 0.1) is 12.3 Å². The van der Waals surface area contributed by atoms with Crippen molar-refractivity contribution in [3.8, 4) is 0 Å². The first-order valence-electron chi connectivity index (χ1n) is 5.23. The fourth-order valence-electron chi connectivity index (χ4n) is 1.64. The van der Waals surface area contributed by atoms with Crippen molar-refractivity contribution < 1.29 is 23.1 Å². The van der Waals surface area contributed by atoms with Crippen LogP contribution in [0.25, 0.3) is 0 Å². The molecule has 0 aliphatic carbocycles. The zero-order valence-electron chi connectivity index (χ0n) is 9.71. The molecular weight excluding hydrogens is 248 g/mol. The number of rotatable bonds is 4. The van der Waals surface area contributed by atoms with Gasteiger partial charge in [0.25, 0.3) is 0 Å². The third kappa shape index (κ3) is 3.40. The quantitative estimate of drug-likeness (QED) is 0.667. The lowest BCUT2D eigenvalue weighted by molar-refractivity contribution is -0.143. The van der Waals surface area contributed by atoms with Gasteiger partial charge in [-0.05, 0) is 5.92 Å². The number of nitrogens with one attached hydrogen (secondary N) is 1. The van der Waals surface area contributed by atoms with Crippen LogP contribution in [-0.2, 0) is 19.6 Å². The number of carbonyl (C=O) groups is 2. The monoisotopic (exact) mass is 264 g/mol. The van der Waals surface area contributed by atoms with Gasteiger partial charge < -0.3 is 10.4 Å². The van der Waals surface area contributed by atoms with Crippen molar-refractivity contribution in [3.63, 3.8) is 0 Å². The summed E-state index contributed by atoms with van der Waals surface area (Å²) in [6, 6.07) is -1.21. The highest BCUT2D eigenvalue weighted by Crippen LogP contribution is 2.14. The summed E-state index contributed by atoms with van der Waals surface area (Å²) < 4.78 is 24.7. The summed E-state index contributed by atoms with van der Waals surface area (Å²) >= 11 is 0. The average molecular weight is 264 g/mol. The van der Waals surface area contributed by atoms with Crippen LogP contribution in [-0.4, -0.2) is 54.6 Å². The maximum atomic E-state index is 11.9. The first-order valence-corrected chi connectivity index (χ1v) is 6.84. The van der Waals surface area contributed by atoms with Crippen molar-refractivity contribution in [3.05, 3.63) is 0 Å². The topological polar surface area (TPSA) is 104 Å². The van der Waals surface area contributed by atoms with E-state index in [4.69, 9.17) is 5.11 Å². The van der Waals surface area contributed by atoms with Gasteiger partial charge in [-0.3, -0.25) is 9.59 Å². The molecule has 1 saturated heterocycles. The normalized spacial score (nSPS) is 22.5. The minimum atomic E-state index is -3.72. The Hall–Kier alpha value is -1.15. The molecule has 0 radical (unpaired) electrons. The molecule has 0 spiro atoms. The number of nitrogens with zero attached hydrogens (tertiary/aromatic N) is 1. The molecule has 8 heteroatoms. The zero-order valence-corrected chi connectivity index (χ0v) is 10.5. The summed E-state index contributed by atoms with van der Waals surface area (Å²) in [4.78, 5) is 22.1. The number of aliphatic carboxylic acids is 1. The second-order valence-corrected chi connectivity index (χ2v) is 6.34. The molecular formula is C9H16N2O5S. The van der Waals surface area contributed by atoms with Crippen LogP contribution in [0.3, 0.4) is 0 Å². The maximum Gasteiger partial charge on any atom is 0.323 e. The summed E-state index contributed by atoms with van der Waals surface area (Å²) in [5.41, 5.74) is 0. The molecule has 0 aromatic heterocycles. The van der Waals surface area contributed by atoms with Gasteiger partial charge in [0.1, 0.15) is 6.04 Å².